The van der Waals surface area contributed by atoms with Crippen molar-refractivity contribution in [3.8, 4) is 17.2 Å². The lowest BCUT2D eigenvalue weighted by atomic mass is 10.0. The van der Waals surface area contributed by atoms with Crippen LogP contribution in [0.3, 0.4) is 0 Å². The maximum absolute atomic E-state index is 12.6. The summed E-state index contributed by atoms with van der Waals surface area (Å²) in [5.74, 6) is 8.90. The first-order chi connectivity index (χ1) is 16.7. The molecule has 0 aliphatic rings. The van der Waals surface area contributed by atoms with E-state index >= 15 is 0 Å². The molecule has 0 aliphatic heterocycles. The molecule has 3 N–H and O–H groups in total. The molecule has 0 saturated heterocycles. The topological polar surface area (TPSA) is 114 Å². The Labute approximate surface area is 210 Å². The summed E-state index contributed by atoms with van der Waals surface area (Å²) in [5, 5.41) is 11.2. The molecule has 0 radical (unpaired) electrons. The summed E-state index contributed by atoms with van der Waals surface area (Å²) in [7, 11) is 3.16. The molecule has 0 aliphatic carbocycles. The third-order valence-electron chi connectivity index (χ3n) is 5.45. The third kappa shape index (κ3) is 6.60. The molecule has 9 nitrogen and oxygen atoms in total. The summed E-state index contributed by atoms with van der Waals surface area (Å²) >= 11 is 1.23. The number of benzene rings is 2. The van der Waals surface area contributed by atoms with Gasteiger partial charge in [0.15, 0.2) is 17.3 Å². The second kappa shape index (κ2) is 11.8. The highest BCUT2D eigenvalue weighted by Crippen LogP contribution is 2.29. The molecular weight excluding hydrogens is 466 g/mol. The van der Waals surface area contributed by atoms with Gasteiger partial charge in [0.05, 0.1) is 19.5 Å². The van der Waals surface area contributed by atoms with Gasteiger partial charge < -0.3 is 25.4 Å². The van der Waals surface area contributed by atoms with Crippen LogP contribution in [0.4, 0.5) is 0 Å². The van der Waals surface area contributed by atoms with Crippen molar-refractivity contribution in [3.63, 3.8) is 0 Å². The molecule has 188 valence electrons. The number of aromatic nitrogens is 3. The van der Waals surface area contributed by atoms with E-state index in [0.29, 0.717) is 34.9 Å². The molecule has 3 aromatic rings. The van der Waals surface area contributed by atoms with Gasteiger partial charge in [-0.05, 0) is 54.7 Å². The van der Waals surface area contributed by atoms with E-state index in [0.717, 1.165) is 22.4 Å². The van der Waals surface area contributed by atoms with Gasteiger partial charge in [-0.3, -0.25) is 4.79 Å². The molecule has 3 rings (SSSR count). The normalized spacial score (nSPS) is 11.9. The van der Waals surface area contributed by atoms with Crippen LogP contribution >= 0.6 is 11.8 Å². The highest BCUT2D eigenvalue weighted by molar-refractivity contribution is 8.00. The number of nitrogens with zero attached hydrogens (tertiary/aromatic N) is 3. The molecule has 1 amide bonds. The highest BCUT2D eigenvalue weighted by Gasteiger charge is 2.20. The van der Waals surface area contributed by atoms with Gasteiger partial charge in [-0.15, -0.1) is 10.2 Å². The van der Waals surface area contributed by atoms with E-state index in [2.05, 4.69) is 41.5 Å². The van der Waals surface area contributed by atoms with Crippen LogP contribution in [-0.4, -0.2) is 40.3 Å². The smallest absolute Gasteiger partial charge is 0.233 e. The molecule has 0 spiro atoms. The van der Waals surface area contributed by atoms with E-state index in [1.165, 1.54) is 16.4 Å². The molecule has 0 saturated carbocycles. The van der Waals surface area contributed by atoms with Gasteiger partial charge in [-0.2, -0.15) is 0 Å². The van der Waals surface area contributed by atoms with Gasteiger partial charge in [0.2, 0.25) is 11.1 Å². The summed E-state index contributed by atoms with van der Waals surface area (Å²) < 4.78 is 18.0. The first-order valence-corrected chi connectivity index (χ1v) is 12.2. The molecular formula is C25H33N5O4S. The second-order valence-corrected chi connectivity index (χ2v) is 9.73. The second-order valence-electron chi connectivity index (χ2n) is 8.42. The van der Waals surface area contributed by atoms with Crippen molar-refractivity contribution < 1.29 is 19.0 Å². The van der Waals surface area contributed by atoms with Crippen molar-refractivity contribution in [1.82, 2.24) is 20.2 Å². The molecule has 0 bridgehead atoms. The van der Waals surface area contributed by atoms with E-state index in [-0.39, 0.29) is 12.5 Å². The van der Waals surface area contributed by atoms with Crippen LogP contribution in [0, 0.1) is 6.92 Å². The summed E-state index contributed by atoms with van der Waals surface area (Å²) in [6, 6.07) is 11.7. The first-order valence-electron chi connectivity index (χ1n) is 11.3. The van der Waals surface area contributed by atoms with Crippen LogP contribution in [0.15, 0.2) is 41.6 Å². The Morgan fingerprint density at radius 1 is 1.06 bits per heavy atom. The number of methoxy groups -OCH3 is 2. The fourth-order valence-corrected chi connectivity index (χ4v) is 4.22. The number of thioether (sulfide) groups is 1. The third-order valence-corrected chi connectivity index (χ3v) is 6.51. The molecule has 1 atom stereocenters. The predicted molar refractivity (Wildman–Crippen MR) is 136 cm³/mol. The number of nitrogen functional groups attached to an aromatic ring is 1. The number of rotatable bonds is 11. The van der Waals surface area contributed by atoms with Crippen molar-refractivity contribution >= 4 is 17.7 Å². The SMILES string of the molecule is COc1ccc(CNC(=O)C(C)Sc2nnc(COc3cc(C)ccc3C(C)C)n2N)cc1OC. The van der Waals surface area contributed by atoms with Crippen molar-refractivity contribution in [1.29, 1.82) is 0 Å². The lowest BCUT2D eigenvalue weighted by molar-refractivity contribution is -0.120. The minimum atomic E-state index is -0.431. The zero-order chi connectivity index (χ0) is 25.5. The number of hydrogen-bond donors (Lipinski definition) is 2. The predicted octanol–water partition coefficient (Wildman–Crippen LogP) is 3.82. The summed E-state index contributed by atoms with van der Waals surface area (Å²) in [4.78, 5) is 12.6. The number of amides is 1. The van der Waals surface area contributed by atoms with Crippen molar-refractivity contribution in [2.75, 3.05) is 20.1 Å². The Morgan fingerprint density at radius 3 is 2.49 bits per heavy atom. The average Bonchev–Trinajstić information content (AvgIpc) is 3.19. The van der Waals surface area contributed by atoms with E-state index in [4.69, 9.17) is 20.1 Å². The van der Waals surface area contributed by atoms with Crippen LogP contribution in [-0.2, 0) is 17.9 Å². The highest BCUT2D eigenvalue weighted by atomic mass is 32.2. The number of nitrogens with one attached hydrogen (secondary N) is 1. The molecule has 35 heavy (non-hydrogen) atoms. The lowest BCUT2D eigenvalue weighted by Gasteiger charge is -2.15. The van der Waals surface area contributed by atoms with Gasteiger partial charge in [-0.1, -0.05) is 43.8 Å². The monoisotopic (exact) mass is 499 g/mol. The maximum Gasteiger partial charge on any atom is 0.233 e. The zero-order valence-corrected chi connectivity index (χ0v) is 21.8. The molecule has 1 unspecified atom stereocenters. The molecule has 10 heteroatoms. The van der Waals surface area contributed by atoms with Crippen LogP contribution in [0.25, 0.3) is 0 Å². The van der Waals surface area contributed by atoms with Crippen LogP contribution < -0.4 is 25.4 Å². The van der Waals surface area contributed by atoms with Crippen molar-refractivity contribution in [2.24, 2.45) is 0 Å². The van der Waals surface area contributed by atoms with Crippen molar-refractivity contribution in [2.45, 2.75) is 57.2 Å². The van der Waals surface area contributed by atoms with Crippen LogP contribution in [0.2, 0.25) is 0 Å². The average molecular weight is 500 g/mol. The lowest BCUT2D eigenvalue weighted by Crippen LogP contribution is -2.31. The standard InChI is InChI=1S/C25H33N5O4S/c1-15(2)19-9-7-16(3)11-21(19)34-14-23-28-29-25(30(23)26)35-17(4)24(31)27-13-18-8-10-20(32-5)22(12-18)33-6/h7-12,15,17H,13-14,26H2,1-6H3,(H,27,31). The zero-order valence-electron chi connectivity index (χ0n) is 21.0. The van der Waals surface area contributed by atoms with E-state index in [1.54, 1.807) is 27.2 Å². The van der Waals surface area contributed by atoms with Gasteiger partial charge in [0.25, 0.3) is 0 Å². The minimum Gasteiger partial charge on any atom is -0.493 e. The maximum atomic E-state index is 12.6. The van der Waals surface area contributed by atoms with Gasteiger partial charge in [-0.25, -0.2) is 4.68 Å². The Bertz CT molecular complexity index is 1160. The molecule has 2 aromatic carbocycles. The van der Waals surface area contributed by atoms with Crippen molar-refractivity contribution in [3.05, 3.63) is 58.9 Å². The quantitative estimate of drug-likeness (QED) is 0.302. The number of nitrogens with two attached hydrogens (primary N) is 1. The van der Waals surface area contributed by atoms with E-state index in [1.807, 2.05) is 25.1 Å². The number of carbonyl (C=O) groups is 1. The number of carbonyl (C=O) groups excluding carboxylic acids is 1. The van der Waals surface area contributed by atoms with Crippen LogP contribution in [0.1, 0.15) is 49.2 Å². The largest absolute Gasteiger partial charge is 0.493 e. The van der Waals surface area contributed by atoms with Gasteiger partial charge in [0, 0.05) is 6.54 Å². The summed E-state index contributed by atoms with van der Waals surface area (Å²) in [5.41, 5.74) is 3.13. The summed E-state index contributed by atoms with van der Waals surface area (Å²) in [6.07, 6.45) is 0. The molecule has 1 aromatic heterocycles. The Hall–Kier alpha value is -3.40. The fraction of sp³-hybridized carbons (Fsp3) is 0.400. The first kappa shape index (κ1) is 26.2. The van der Waals surface area contributed by atoms with Gasteiger partial charge >= 0.3 is 0 Å². The number of aryl methyl sites for hydroxylation is 1. The number of hydrogen-bond acceptors (Lipinski definition) is 8. The number of ether oxygens (including phenoxy) is 3. The minimum absolute atomic E-state index is 0.146. The summed E-state index contributed by atoms with van der Waals surface area (Å²) in [6.45, 7) is 8.58. The van der Waals surface area contributed by atoms with Gasteiger partial charge in [0.1, 0.15) is 12.4 Å². The molecule has 0 fully saturated rings. The van der Waals surface area contributed by atoms with E-state index in [9.17, 15) is 4.79 Å². The van der Waals surface area contributed by atoms with E-state index < -0.39 is 5.25 Å². The Kier molecular flexibility index (Phi) is 8.86. The van der Waals surface area contributed by atoms with Crippen LogP contribution in [0.5, 0.6) is 17.2 Å². The fourth-order valence-electron chi connectivity index (χ4n) is 3.41. The molecule has 1 heterocycles. The Morgan fingerprint density at radius 2 is 1.80 bits per heavy atom. The Balaban J connectivity index is 1.58.